The van der Waals surface area contributed by atoms with Gasteiger partial charge >= 0.3 is 5.97 Å². The summed E-state index contributed by atoms with van der Waals surface area (Å²) in [4.78, 5) is 27.4. The Kier molecular flexibility index (Phi) is 8.67. The SMILES string of the molecule is COc1ccc(CN2C(=O)[C@H](CC(=O)O)O[C@@H](c3cccc(OC)c3C(C)C)c3cc(Cl)ccc32)c(OC)c1. The van der Waals surface area contributed by atoms with Gasteiger partial charge in [0.15, 0.2) is 0 Å². The predicted octanol–water partition coefficient (Wildman–Crippen LogP) is 5.99. The number of benzene rings is 3. The van der Waals surface area contributed by atoms with Gasteiger partial charge in [0.1, 0.15) is 29.5 Å². The van der Waals surface area contributed by atoms with Crippen LogP contribution in [0, 0.1) is 0 Å². The standard InChI is InChI=1S/C30H32ClNO7/c1-17(2)28-21(7-6-8-24(28)37-4)29-22-13-19(31)10-12-23(22)32(30(35)26(39-29)15-27(33)34)16-18-9-11-20(36-3)14-25(18)38-5/h6-14,17,26,29H,15-16H2,1-5H3,(H,33,34)/t26-,29-/m0/s1. The van der Waals surface area contributed by atoms with Crippen LogP contribution < -0.4 is 19.1 Å². The maximum absolute atomic E-state index is 14.0. The lowest BCUT2D eigenvalue weighted by Crippen LogP contribution is -2.40. The zero-order chi connectivity index (χ0) is 28.3. The molecule has 1 aliphatic heterocycles. The number of halogens is 1. The normalized spacial score (nSPS) is 17.0. The third-order valence-electron chi connectivity index (χ3n) is 6.77. The third kappa shape index (κ3) is 5.82. The van der Waals surface area contributed by atoms with Gasteiger partial charge in [-0.05, 0) is 47.9 Å². The number of ether oxygens (including phenoxy) is 4. The highest BCUT2D eigenvalue weighted by Crippen LogP contribution is 2.44. The van der Waals surface area contributed by atoms with Gasteiger partial charge in [-0.2, -0.15) is 0 Å². The van der Waals surface area contributed by atoms with Crippen molar-refractivity contribution in [3.05, 3.63) is 81.9 Å². The molecular weight excluding hydrogens is 522 g/mol. The molecule has 1 aliphatic rings. The first-order chi connectivity index (χ1) is 18.7. The lowest BCUT2D eigenvalue weighted by atomic mass is 9.89. The van der Waals surface area contributed by atoms with E-state index in [1.165, 1.54) is 0 Å². The smallest absolute Gasteiger partial charge is 0.306 e. The van der Waals surface area contributed by atoms with E-state index in [4.69, 9.17) is 30.5 Å². The predicted molar refractivity (Wildman–Crippen MR) is 148 cm³/mol. The minimum atomic E-state index is -1.26. The Bertz CT molecular complexity index is 1370. The van der Waals surface area contributed by atoms with Gasteiger partial charge in [-0.25, -0.2) is 0 Å². The molecule has 1 heterocycles. The van der Waals surface area contributed by atoms with E-state index in [-0.39, 0.29) is 12.5 Å². The summed E-state index contributed by atoms with van der Waals surface area (Å²) in [5.41, 5.74) is 3.61. The summed E-state index contributed by atoms with van der Waals surface area (Å²) < 4.78 is 23.0. The molecule has 1 amide bonds. The van der Waals surface area contributed by atoms with E-state index >= 15 is 0 Å². The van der Waals surface area contributed by atoms with Crippen molar-refractivity contribution in [2.45, 2.75) is 44.9 Å². The van der Waals surface area contributed by atoms with Gasteiger partial charge in [0.2, 0.25) is 0 Å². The molecule has 206 valence electrons. The summed E-state index contributed by atoms with van der Waals surface area (Å²) >= 11 is 6.48. The summed E-state index contributed by atoms with van der Waals surface area (Å²) in [6.07, 6.45) is -2.54. The minimum Gasteiger partial charge on any atom is -0.497 e. The highest BCUT2D eigenvalue weighted by atomic mass is 35.5. The summed E-state index contributed by atoms with van der Waals surface area (Å²) in [7, 11) is 4.70. The number of carbonyl (C=O) groups is 2. The highest BCUT2D eigenvalue weighted by Gasteiger charge is 2.39. The first-order valence-electron chi connectivity index (χ1n) is 12.5. The Morgan fingerprint density at radius 1 is 1.00 bits per heavy atom. The van der Waals surface area contributed by atoms with Crippen LogP contribution in [-0.4, -0.2) is 44.4 Å². The molecule has 2 atom stereocenters. The van der Waals surface area contributed by atoms with Crippen LogP contribution >= 0.6 is 11.6 Å². The number of carbonyl (C=O) groups excluding carboxylic acids is 1. The van der Waals surface area contributed by atoms with E-state index in [9.17, 15) is 14.7 Å². The highest BCUT2D eigenvalue weighted by molar-refractivity contribution is 6.30. The van der Waals surface area contributed by atoms with Crippen LogP contribution in [0.4, 0.5) is 5.69 Å². The Morgan fingerprint density at radius 3 is 2.38 bits per heavy atom. The number of methoxy groups -OCH3 is 3. The average molecular weight is 554 g/mol. The van der Waals surface area contributed by atoms with Gasteiger partial charge in [-0.1, -0.05) is 37.6 Å². The quantitative estimate of drug-likeness (QED) is 0.348. The number of hydrogen-bond acceptors (Lipinski definition) is 6. The van der Waals surface area contributed by atoms with Gasteiger partial charge in [0.25, 0.3) is 5.91 Å². The van der Waals surface area contributed by atoms with Crippen molar-refractivity contribution in [1.29, 1.82) is 0 Å². The van der Waals surface area contributed by atoms with E-state index in [0.717, 1.165) is 11.1 Å². The summed E-state index contributed by atoms with van der Waals surface area (Å²) in [5.74, 6) is 0.252. The lowest BCUT2D eigenvalue weighted by molar-refractivity contribution is -0.147. The summed E-state index contributed by atoms with van der Waals surface area (Å²) in [6, 6.07) is 16.2. The maximum Gasteiger partial charge on any atom is 0.306 e. The number of nitrogens with zero attached hydrogens (tertiary/aromatic N) is 1. The molecule has 4 rings (SSSR count). The zero-order valence-corrected chi connectivity index (χ0v) is 23.3. The largest absolute Gasteiger partial charge is 0.497 e. The molecule has 39 heavy (non-hydrogen) atoms. The molecule has 0 saturated carbocycles. The molecule has 0 fully saturated rings. The number of fused-ring (bicyclic) bond motifs is 1. The Labute approximate surface area is 233 Å². The molecule has 0 spiro atoms. The van der Waals surface area contributed by atoms with Gasteiger partial charge in [0, 0.05) is 27.8 Å². The van der Waals surface area contributed by atoms with Crippen molar-refractivity contribution in [3.8, 4) is 17.2 Å². The first kappa shape index (κ1) is 28.3. The van der Waals surface area contributed by atoms with E-state index < -0.39 is 30.5 Å². The topological polar surface area (TPSA) is 94.5 Å². The molecule has 1 N–H and O–H groups in total. The molecule has 3 aromatic rings. The molecule has 9 heteroatoms. The monoisotopic (exact) mass is 553 g/mol. The second-order valence-electron chi connectivity index (χ2n) is 9.53. The number of amides is 1. The molecule has 0 saturated heterocycles. The average Bonchev–Trinajstić information content (AvgIpc) is 3.02. The van der Waals surface area contributed by atoms with Crippen LogP contribution in [0.1, 0.15) is 54.5 Å². The second-order valence-corrected chi connectivity index (χ2v) is 9.96. The van der Waals surface area contributed by atoms with Crippen molar-refractivity contribution < 1.29 is 33.6 Å². The molecule has 0 aromatic heterocycles. The van der Waals surface area contributed by atoms with Crippen molar-refractivity contribution in [2.24, 2.45) is 0 Å². The maximum atomic E-state index is 14.0. The number of anilines is 1. The number of hydrogen-bond donors (Lipinski definition) is 1. The number of carboxylic acid groups (broad SMARTS) is 1. The van der Waals surface area contributed by atoms with E-state index in [1.807, 2.05) is 38.1 Å². The van der Waals surface area contributed by atoms with Crippen molar-refractivity contribution in [1.82, 2.24) is 0 Å². The molecule has 0 aliphatic carbocycles. The van der Waals surface area contributed by atoms with Crippen molar-refractivity contribution >= 4 is 29.2 Å². The molecule has 3 aromatic carbocycles. The van der Waals surface area contributed by atoms with E-state index in [2.05, 4.69) is 0 Å². The van der Waals surface area contributed by atoms with Gasteiger partial charge in [-0.15, -0.1) is 0 Å². The fraction of sp³-hybridized carbons (Fsp3) is 0.333. The molecule has 0 radical (unpaired) electrons. The van der Waals surface area contributed by atoms with Crippen LogP contribution in [0.2, 0.25) is 5.02 Å². The Hall–Kier alpha value is -3.75. The van der Waals surface area contributed by atoms with Crippen LogP contribution in [0.5, 0.6) is 17.2 Å². The van der Waals surface area contributed by atoms with E-state index in [0.29, 0.717) is 39.1 Å². The number of rotatable bonds is 9. The van der Waals surface area contributed by atoms with Crippen molar-refractivity contribution in [3.63, 3.8) is 0 Å². The summed E-state index contributed by atoms with van der Waals surface area (Å²) in [5, 5.41) is 10.2. The summed E-state index contributed by atoms with van der Waals surface area (Å²) in [6.45, 7) is 4.19. The van der Waals surface area contributed by atoms with Gasteiger partial charge in [-0.3, -0.25) is 9.59 Å². The zero-order valence-electron chi connectivity index (χ0n) is 22.6. The number of aliphatic carboxylic acids is 1. The molecule has 8 nitrogen and oxygen atoms in total. The second kappa shape index (κ2) is 12.0. The van der Waals surface area contributed by atoms with Crippen LogP contribution in [0.25, 0.3) is 0 Å². The molecular formula is C30H32ClNO7. The molecule has 0 bridgehead atoms. The van der Waals surface area contributed by atoms with Crippen LogP contribution in [-0.2, 0) is 20.9 Å². The van der Waals surface area contributed by atoms with Gasteiger partial charge < -0.3 is 29.0 Å². The fourth-order valence-corrected chi connectivity index (χ4v) is 5.19. The van der Waals surface area contributed by atoms with Crippen LogP contribution in [0.3, 0.4) is 0 Å². The van der Waals surface area contributed by atoms with Gasteiger partial charge in [0.05, 0.1) is 40.0 Å². The minimum absolute atomic E-state index is 0.0546. The lowest BCUT2D eigenvalue weighted by Gasteiger charge is -2.26. The first-order valence-corrected chi connectivity index (χ1v) is 12.9. The Morgan fingerprint density at radius 2 is 1.74 bits per heavy atom. The fourth-order valence-electron chi connectivity index (χ4n) is 5.01. The van der Waals surface area contributed by atoms with E-state index in [1.54, 1.807) is 56.6 Å². The van der Waals surface area contributed by atoms with Crippen molar-refractivity contribution in [2.75, 3.05) is 26.2 Å². The van der Waals surface area contributed by atoms with Crippen LogP contribution in [0.15, 0.2) is 54.6 Å². The number of carboxylic acids is 1. The third-order valence-corrected chi connectivity index (χ3v) is 7.00. The molecule has 0 unspecified atom stereocenters. The Balaban J connectivity index is 1.93.